The van der Waals surface area contributed by atoms with Crippen molar-refractivity contribution in [1.29, 1.82) is 0 Å². The molecule has 25 heavy (non-hydrogen) atoms. The molecule has 0 saturated carbocycles. The largest absolute Gasteiger partial charge is 0.320 e. The molecule has 122 valence electrons. The summed E-state index contributed by atoms with van der Waals surface area (Å²) in [7, 11) is 0. The number of nitroso groups, excluding NO2 is 1. The lowest BCUT2D eigenvalue weighted by Gasteiger charge is -2.09. The third kappa shape index (κ3) is 2.92. The molecular formula is C18H12N4O2S. The van der Waals surface area contributed by atoms with E-state index in [4.69, 9.17) is 0 Å². The predicted molar refractivity (Wildman–Crippen MR) is 98.4 cm³/mol. The Hall–Kier alpha value is -3.32. The maximum absolute atomic E-state index is 12.6. The van der Waals surface area contributed by atoms with Crippen LogP contribution in [-0.4, -0.2) is 15.3 Å². The smallest absolute Gasteiger partial charge is 0.257 e. The molecule has 0 radical (unpaired) electrons. The van der Waals surface area contributed by atoms with E-state index in [1.54, 1.807) is 58.6 Å². The third-order valence-electron chi connectivity index (χ3n) is 3.80. The first-order chi connectivity index (χ1) is 12.2. The number of benzene rings is 1. The number of hydrogen-bond donors (Lipinski definition) is 1. The van der Waals surface area contributed by atoms with E-state index in [1.165, 1.54) is 0 Å². The minimum Gasteiger partial charge on any atom is -0.320 e. The van der Waals surface area contributed by atoms with Gasteiger partial charge in [-0.2, -0.15) is 0 Å². The van der Waals surface area contributed by atoms with E-state index in [0.29, 0.717) is 11.3 Å². The van der Waals surface area contributed by atoms with E-state index in [2.05, 4.69) is 15.5 Å². The number of fused-ring (bicyclic) bond motifs is 1. The van der Waals surface area contributed by atoms with Crippen molar-refractivity contribution >= 4 is 34.3 Å². The summed E-state index contributed by atoms with van der Waals surface area (Å²) in [6.45, 7) is 0. The molecule has 6 nitrogen and oxygen atoms in total. The molecule has 0 aliphatic rings. The first kappa shape index (κ1) is 15.2. The van der Waals surface area contributed by atoms with Crippen LogP contribution < -0.4 is 5.32 Å². The van der Waals surface area contributed by atoms with Crippen LogP contribution in [0.1, 0.15) is 10.4 Å². The van der Waals surface area contributed by atoms with E-state index in [-0.39, 0.29) is 11.6 Å². The van der Waals surface area contributed by atoms with Gasteiger partial charge >= 0.3 is 0 Å². The maximum Gasteiger partial charge on any atom is 0.257 e. The lowest BCUT2D eigenvalue weighted by molar-refractivity contribution is 0.102. The third-order valence-corrected chi connectivity index (χ3v) is 4.72. The second kappa shape index (κ2) is 6.29. The second-order valence-electron chi connectivity index (χ2n) is 5.37. The lowest BCUT2D eigenvalue weighted by atomic mass is 10.1. The van der Waals surface area contributed by atoms with Crippen LogP contribution in [0.3, 0.4) is 0 Å². The number of amides is 1. The highest BCUT2D eigenvalue weighted by atomic mass is 32.1. The first-order valence-corrected chi connectivity index (χ1v) is 8.38. The number of aromatic nitrogens is 2. The van der Waals surface area contributed by atoms with Gasteiger partial charge in [-0.3, -0.25) is 4.79 Å². The number of hydrogen-bond acceptors (Lipinski definition) is 5. The highest BCUT2D eigenvalue weighted by Gasteiger charge is 2.12. The molecule has 0 aliphatic carbocycles. The molecule has 0 unspecified atom stereocenters. The van der Waals surface area contributed by atoms with Crippen LogP contribution in [0.5, 0.6) is 0 Å². The minimum atomic E-state index is -0.316. The first-order valence-electron chi connectivity index (χ1n) is 7.50. The monoisotopic (exact) mass is 348 g/mol. The molecule has 4 aromatic rings. The molecule has 0 aliphatic heterocycles. The Morgan fingerprint density at radius 1 is 1.20 bits per heavy atom. The molecule has 1 N–H and O–H groups in total. The number of thiophene rings is 1. The molecule has 3 aromatic heterocycles. The Kier molecular flexibility index (Phi) is 3.83. The summed E-state index contributed by atoms with van der Waals surface area (Å²) < 4.78 is 1.76. The van der Waals surface area contributed by atoms with Crippen LogP contribution in [0.4, 0.5) is 11.4 Å². The minimum absolute atomic E-state index is 0.192. The van der Waals surface area contributed by atoms with Crippen molar-refractivity contribution in [3.8, 4) is 10.4 Å². The molecule has 1 aromatic carbocycles. The maximum atomic E-state index is 12.6. The van der Waals surface area contributed by atoms with E-state index < -0.39 is 0 Å². The van der Waals surface area contributed by atoms with Crippen molar-refractivity contribution in [3.63, 3.8) is 0 Å². The van der Waals surface area contributed by atoms with Gasteiger partial charge in [-0.15, -0.1) is 16.2 Å². The van der Waals surface area contributed by atoms with Crippen LogP contribution >= 0.6 is 11.3 Å². The molecule has 0 bridgehead atoms. The van der Waals surface area contributed by atoms with E-state index in [1.807, 2.05) is 23.6 Å². The highest BCUT2D eigenvalue weighted by Crippen LogP contribution is 2.33. The van der Waals surface area contributed by atoms with Gasteiger partial charge in [-0.25, -0.2) is 4.98 Å². The van der Waals surface area contributed by atoms with Gasteiger partial charge in [0.1, 0.15) is 11.3 Å². The number of carbonyl (C=O) groups is 1. The van der Waals surface area contributed by atoms with Crippen LogP contribution in [0.2, 0.25) is 0 Å². The summed E-state index contributed by atoms with van der Waals surface area (Å²) in [5.74, 6) is -0.316. The topological polar surface area (TPSA) is 75.8 Å². The molecule has 7 heteroatoms. The van der Waals surface area contributed by atoms with Gasteiger partial charge < -0.3 is 9.72 Å². The fourth-order valence-corrected chi connectivity index (χ4v) is 3.28. The average molecular weight is 348 g/mol. The number of nitrogens with zero attached hydrogens (tertiary/aromatic N) is 3. The van der Waals surface area contributed by atoms with Gasteiger partial charge in [0.25, 0.3) is 5.91 Å². The summed E-state index contributed by atoms with van der Waals surface area (Å²) in [5, 5.41) is 7.75. The fourth-order valence-electron chi connectivity index (χ4n) is 2.56. The number of anilines is 1. The number of imidazole rings is 1. The number of nitrogens with one attached hydrogen (secondary N) is 1. The Bertz CT molecular complexity index is 1070. The van der Waals surface area contributed by atoms with Crippen LogP contribution in [0.15, 0.2) is 71.6 Å². The van der Waals surface area contributed by atoms with Gasteiger partial charge in [-0.05, 0) is 46.5 Å². The van der Waals surface area contributed by atoms with Gasteiger partial charge in [0.05, 0.1) is 11.3 Å². The predicted octanol–water partition coefficient (Wildman–Crippen LogP) is 4.71. The van der Waals surface area contributed by atoms with E-state index in [0.717, 1.165) is 16.1 Å². The Morgan fingerprint density at radius 2 is 2.12 bits per heavy atom. The Balaban J connectivity index is 1.67. The van der Waals surface area contributed by atoms with Crippen LogP contribution in [-0.2, 0) is 0 Å². The SMILES string of the molecule is O=Nc1ccc(-c2cccs2)cc1NC(=O)c1ccc2nccn2c1. The quantitative estimate of drug-likeness (QED) is 0.543. The molecule has 4 rings (SSSR count). The zero-order valence-corrected chi connectivity index (χ0v) is 13.7. The van der Waals surface area contributed by atoms with Crippen molar-refractivity contribution < 1.29 is 4.79 Å². The lowest BCUT2D eigenvalue weighted by Crippen LogP contribution is -2.12. The number of pyridine rings is 1. The standard InChI is InChI=1S/C18H12N4O2S/c23-18(13-4-6-17-19-7-8-22(17)11-13)20-15-10-12(3-5-14(15)21-24)16-2-1-9-25-16/h1-11H,(H,20,23). The zero-order valence-electron chi connectivity index (χ0n) is 12.9. The molecule has 3 heterocycles. The second-order valence-corrected chi connectivity index (χ2v) is 6.31. The van der Waals surface area contributed by atoms with E-state index in [9.17, 15) is 9.70 Å². The summed E-state index contributed by atoms with van der Waals surface area (Å²) in [5.41, 5.74) is 2.71. The van der Waals surface area contributed by atoms with Crippen LogP contribution in [0, 0.1) is 4.91 Å². The van der Waals surface area contributed by atoms with Crippen molar-refractivity contribution in [1.82, 2.24) is 9.38 Å². The van der Waals surface area contributed by atoms with Crippen molar-refractivity contribution in [3.05, 3.63) is 76.9 Å². The van der Waals surface area contributed by atoms with Gasteiger partial charge in [0, 0.05) is 23.5 Å². The average Bonchev–Trinajstić information content (AvgIpc) is 3.32. The summed E-state index contributed by atoms with van der Waals surface area (Å²) in [6, 6.07) is 12.6. The summed E-state index contributed by atoms with van der Waals surface area (Å²) >= 11 is 1.58. The molecule has 0 fully saturated rings. The van der Waals surface area contributed by atoms with Crippen molar-refractivity contribution in [2.75, 3.05) is 5.32 Å². The summed E-state index contributed by atoms with van der Waals surface area (Å²) in [4.78, 5) is 28.8. The Labute approximate surface area is 146 Å². The molecule has 0 saturated heterocycles. The summed E-state index contributed by atoms with van der Waals surface area (Å²) in [6.07, 6.45) is 5.12. The molecular weight excluding hydrogens is 336 g/mol. The van der Waals surface area contributed by atoms with Gasteiger partial charge in [0.2, 0.25) is 0 Å². The molecule has 1 amide bonds. The normalized spacial score (nSPS) is 10.7. The number of rotatable bonds is 4. The number of carbonyl (C=O) groups excluding carboxylic acids is 1. The molecule has 0 atom stereocenters. The van der Waals surface area contributed by atoms with Gasteiger partial charge in [0.15, 0.2) is 0 Å². The Morgan fingerprint density at radius 3 is 2.92 bits per heavy atom. The zero-order chi connectivity index (χ0) is 17.2. The van der Waals surface area contributed by atoms with Crippen LogP contribution in [0.25, 0.3) is 16.1 Å². The highest BCUT2D eigenvalue weighted by molar-refractivity contribution is 7.13. The molecule has 0 spiro atoms. The van der Waals surface area contributed by atoms with Gasteiger partial charge in [-0.1, -0.05) is 12.1 Å². The van der Waals surface area contributed by atoms with Crippen molar-refractivity contribution in [2.45, 2.75) is 0 Å². The van der Waals surface area contributed by atoms with E-state index >= 15 is 0 Å². The van der Waals surface area contributed by atoms with Crippen molar-refractivity contribution in [2.24, 2.45) is 5.18 Å². The fraction of sp³-hybridized carbons (Fsp3) is 0.